The number of benzene rings is 1. The van der Waals surface area contributed by atoms with E-state index in [1.807, 2.05) is 13.8 Å². The van der Waals surface area contributed by atoms with Crippen LogP contribution in [-0.2, 0) is 11.2 Å². The van der Waals surface area contributed by atoms with Crippen LogP contribution in [0.15, 0.2) is 4.47 Å². The van der Waals surface area contributed by atoms with Gasteiger partial charge in [-0.1, -0.05) is 15.9 Å². The first-order valence-corrected chi connectivity index (χ1v) is 6.94. The molecule has 1 aromatic rings. The molecule has 2 N–H and O–H groups in total. The fourth-order valence-corrected chi connectivity index (χ4v) is 2.67. The van der Waals surface area contributed by atoms with Crippen molar-refractivity contribution in [2.45, 2.75) is 27.2 Å². The monoisotopic (exact) mass is 329 g/mol. The van der Waals surface area contributed by atoms with Gasteiger partial charge in [-0.2, -0.15) is 0 Å². The van der Waals surface area contributed by atoms with E-state index in [-0.39, 0.29) is 6.54 Å². The van der Waals surface area contributed by atoms with Gasteiger partial charge in [0.25, 0.3) is 0 Å². The highest BCUT2D eigenvalue weighted by Crippen LogP contribution is 2.36. The van der Waals surface area contributed by atoms with Gasteiger partial charge in [0.05, 0.1) is 13.7 Å². The van der Waals surface area contributed by atoms with Gasteiger partial charge >= 0.3 is 5.97 Å². The summed E-state index contributed by atoms with van der Waals surface area (Å²) in [6.45, 7) is 6.73. The molecule has 5 heteroatoms. The Kier molecular flexibility index (Phi) is 5.82. The lowest BCUT2D eigenvalue weighted by molar-refractivity contribution is -0.135. The van der Waals surface area contributed by atoms with Crippen LogP contribution in [-0.4, -0.2) is 31.3 Å². The molecule has 0 spiro atoms. The van der Waals surface area contributed by atoms with Crippen molar-refractivity contribution >= 4 is 21.9 Å². The molecule has 0 saturated heterocycles. The van der Waals surface area contributed by atoms with Gasteiger partial charge in [0.1, 0.15) is 5.75 Å². The minimum Gasteiger partial charge on any atom is -0.496 e. The average molecular weight is 330 g/mol. The van der Waals surface area contributed by atoms with Crippen molar-refractivity contribution in [3.63, 3.8) is 0 Å². The Bertz CT molecular complexity index is 486. The van der Waals surface area contributed by atoms with Gasteiger partial charge < -0.3 is 15.2 Å². The lowest BCUT2D eigenvalue weighted by Gasteiger charge is -2.19. The minimum absolute atomic E-state index is 0.0205. The fraction of sp³-hybridized carbons (Fsp3) is 0.500. The molecule has 1 aromatic carbocycles. The molecule has 1 rings (SSSR count). The first-order chi connectivity index (χ1) is 8.90. The molecule has 0 atom stereocenters. The minimum atomic E-state index is -0.843. The van der Waals surface area contributed by atoms with Crippen molar-refractivity contribution in [1.29, 1.82) is 0 Å². The summed E-state index contributed by atoms with van der Waals surface area (Å²) in [5.74, 6) is 0.0558. The zero-order chi connectivity index (χ0) is 14.6. The normalized spacial score (nSPS) is 10.6. The number of hydrogen-bond acceptors (Lipinski definition) is 3. The molecular weight excluding hydrogens is 310 g/mol. The van der Waals surface area contributed by atoms with Gasteiger partial charge in [0, 0.05) is 4.47 Å². The van der Waals surface area contributed by atoms with E-state index in [1.54, 1.807) is 7.11 Å². The number of hydrogen-bond donors (Lipinski definition) is 2. The van der Waals surface area contributed by atoms with Crippen LogP contribution < -0.4 is 10.1 Å². The Morgan fingerprint density at radius 2 is 1.89 bits per heavy atom. The molecule has 0 aliphatic carbocycles. The van der Waals surface area contributed by atoms with Crippen molar-refractivity contribution in [2.24, 2.45) is 0 Å². The molecule has 0 fully saturated rings. The summed E-state index contributed by atoms with van der Waals surface area (Å²) in [6, 6.07) is 0. The highest BCUT2D eigenvalue weighted by molar-refractivity contribution is 9.10. The number of halogens is 1. The number of aliphatic carboxylic acids is 1. The Labute approximate surface area is 122 Å². The third kappa shape index (κ3) is 3.70. The van der Waals surface area contributed by atoms with E-state index >= 15 is 0 Å². The predicted octanol–water partition coefficient (Wildman–Crippen LogP) is 2.60. The van der Waals surface area contributed by atoms with Crippen molar-refractivity contribution in [2.75, 3.05) is 20.2 Å². The summed E-state index contributed by atoms with van der Waals surface area (Å²) in [6.07, 6.45) is 0.738. The molecule has 0 saturated carbocycles. The number of carboxylic acids is 1. The molecule has 19 heavy (non-hydrogen) atoms. The number of carboxylic acid groups (broad SMARTS) is 1. The highest BCUT2D eigenvalue weighted by Gasteiger charge is 2.16. The first-order valence-electron chi connectivity index (χ1n) is 6.14. The molecule has 0 bridgehead atoms. The van der Waals surface area contributed by atoms with Gasteiger partial charge in [-0.05, 0) is 56.0 Å². The van der Waals surface area contributed by atoms with Crippen LogP contribution in [0.2, 0.25) is 0 Å². The number of carbonyl (C=O) groups is 1. The summed E-state index contributed by atoms with van der Waals surface area (Å²) >= 11 is 3.61. The van der Waals surface area contributed by atoms with Crippen molar-refractivity contribution in [1.82, 2.24) is 5.32 Å². The lowest BCUT2D eigenvalue weighted by Crippen LogP contribution is -2.25. The van der Waals surface area contributed by atoms with E-state index < -0.39 is 5.97 Å². The van der Waals surface area contributed by atoms with Crippen LogP contribution in [0.1, 0.15) is 22.3 Å². The molecular formula is C14H20BrNO3. The van der Waals surface area contributed by atoms with Crippen molar-refractivity contribution in [3.8, 4) is 5.75 Å². The van der Waals surface area contributed by atoms with Crippen LogP contribution in [0.5, 0.6) is 5.75 Å². The third-order valence-electron chi connectivity index (χ3n) is 3.32. The summed E-state index contributed by atoms with van der Waals surface area (Å²) in [4.78, 5) is 10.5. The van der Waals surface area contributed by atoms with E-state index in [0.29, 0.717) is 6.54 Å². The van der Waals surface area contributed by atoms with Crippen LogP contribution >= 0.6 is 15.9 Å². The second-order valence-corrected chi connectivity index (χ2v) is 5.31. The number of methoxy groups -OCH3 is 1. The maximum Gasteiger partial charge on any atom is 0.317 e. The van der Waals surface area contributed by atoms with Crippen LogP contribution in [0.3, 0.4) is 0 Å². The van der Waals surface area contributed by atoms with Crippen LogP contribution in [0, 0.1) is 20.8 Å². The second-order valence-electron chi connectivity index (χ2n) is 4.52. The standard InChI is InChI=1S/C14H20BrNO3/c1-8-9(2)14(19-4)11(10(3)13(8)15)5-6-16-7-12(17)18/h16H,5-7H2,1-4H3,(H,17,18). The second kappa shape index (κ2) is 6.91. The fourth-order valence-electron chi connectivity index (χ4n) is 2.13. The molecule has 0 unspecified atom stereocenters. The van der Waals surface area contributed by atoms with E-state index in [9.17, 15) is 4.79 Å². The average Bonchev–Trinajstić information content (AvgIpc) is 2.37. The van der Waals surface area contributed by atoms with E-state index in [4.69, 9.17) is 9.84 Å². The number of ether oxygens (including phenoxy) is 1. The van der Waals surface area contributed by atoms with Gasteiger partial charge in [0.2, 0.25) is 0 Å². The quantitative estimate of drug-likeness (QED) is 0.787. The van der Waals surface area contributed by atoms with Gasteiger partial charge in [-0.3, -0.25) is 4.79 Å². The van der Waals surface area contributed by atoms with E-state index in [0.717, 1.165) is 33.3 Å². The predicted molar refractivity (Wildman–Crippen MR) is 79.1 cm³/mol. The van der Waals surface area contributed by atoms with Crippen molar-refractivity contribution < 1.29 is 14.6 Å². The molecule has 4 nitrogen and oxygen atoms in total. The molecule has 0 heterocycles. The Hall–Kier alpha value is -1.07. The smallest absolute Gasteiger partial charge is 0.317 e. The van der Waals surface area contributed by atoms with Gasteiger partial charge in [0.15, 0.2) is 0 Å². The van der Waals surface area contributed by atoms with Crippen LogP contribution in [0.4, 0.5) is 0 Å². The Morgan fingerprint density at radius 3 is 2.42 bits per heavy atom. The highest BCUT2D eigenvalue weighted by atomic mass is 79.9. The third-order valence-corrected chi connectivity index (χ3v) is 4.51. The van der Waals surface area contributed by atoms with Crippen molar-refractivity contribution in [3.05, 3.63) is 26.7 Å². The molecule has 106 valence electrons. The summed E-state index contributed by atoms with van der Waals surface area (Å²) in [5.41, 5.74) is 4.57. The molecule has 0 amide bonds. The Balaban J connectivity index is 2.96. The first kappa shape index (κ1) is 16.0. The largest absolute Gasteiger partial charge is 0.496 e. The summed E-state index contributed by atoms with van der Waals surface area (Å²) < 4.78 is 6.60. The summed E-state index contributed by atoms with van der Waals surface area (Å²) in [5, 5.41) is 11.5. The Morgan fingerprint density at radius 1 is 1.26 bits per heavy atom. The maximum absolute atomic E-state index is 10.5. The molecule has 0 aromatic heterocycles. The van der Waals surface area contributed by atoms with E-state index in [1.165, 1.54) is 5.56 Å². The SMILES string of the molecule is COc1c(C)c(C)c(Br)c(C)c1CCNCC(=O)O. The maximum atomic E-state index is 10.5. The van der Waals surface area contributed by atoms with E-state index in [2.05, 4.69) is 28.2 Å². The zero-order valence-electron chi connectivity index (χ0n) is 11.8. The van der Waals surface area contributed by atoms with Crippen LogP contribution in [0.25, 0.3) is 0 Å². The molecule has 0 aliphatic rings. The zero-order valence-corrected chi connectivity index (χ0v) is 13.3. The van der Waals surface area contributed by atoms with Gasteiger partial charge in [-0.15, -0.1) is 0 Å². The topological polar surface area (TPSA) is 58.6 Å². The molecule has 0 radical (unpaired) electrons. The number of nitrogens with one attached hydrogen (secondary N) is 1. The summed E-state index contributed by atoms with van der Waals surface area (Å²) in [7, 11) is 1.67. The lowest BCUT2D eigenvalue weighted by atomic mass is 9.97. The van der Waals surface area contributed by atoms with Gasteiger partial charge in [-0.25, -0.2) is 0 Å². The number of rotatable bonds is 6. The molecule has 0 aliphatic heterocycles.